The largest absolute Gasteiger partial charge is 0.394 e. The molecule has 0 radical (unpaired) electrons. The lowest BCUT2D eigenvalue weighted by atomic mass is 10.0. The monoisotopic (exact) mass is 146 g/mol. The first kappa shape index (κ1) is 7.94. The van der Waals surface area contributed by atoms with E-state index in [0.29, 0.717) is 19.8 Å². The zero-order chi connectivity index (χ0) is 7.45. The first-order valence-electron chi connectivity index (χ1n) is 3.47. The molecule has 0 bridgehead atoms. The molecule has 4 nitrogen and oxygen atoms in total. The summed E-state index contributed by atoms with van der Waals surface area (Å²) >= 11 is 0. The lowest BCUT2D eigenvalue weighted by Gasteiger charge is -2.35. The molecule has 4 N–H and O–H groups in total. The zero-order valence-electron chi connectivity index (χ0n) is 5.97. The predicted molar refractivity (Wildman–Crippen MR) is 37.7 cm³/mol. The van der Waals surface area contributed by atoms with E-state index in [2.05, 4.69) is 5.32 Å². The molecular weight excluding hydrogens is 132 g/mol. The van der Waals surface area contributed by atoms with E-state index in [1.54, 1.807) is 0 Å². The second-order valence-electron chi connectivity index (χ2n) is 2.62. The number of nitrogens with two attached hydrogens (primary N) is 1. The second-order valence-corrected chi connectivity index (χ2v) is 2.62. The minimum atomic E-state index is -0.377. The van der Waals surface area contributed by atoms with Crippen LogP contribution in [-0.4, -0.2) is 43.6 Å². The molecule has 10 heavy (non-hydrogen) atoms. The molecule has 0 amide bonds. The van der Waals surface area contributed by atoms with Crippen LogP contribution in [0.3, 0.4) is 0 Å². The van der Waals surface area contributed by atoms with E-state index >= 15 is 0 Å². The minimum Gasteiger partial charge on any atom is -0.394 e. The summed E-state index contributed by atoms with van der Waals surface area (Å²) in [5.41, 5.74) is 5.07. The summed E-state index contributed by atoms with van der Waals surface area (Å²) in [4.78, 5) is 0. The number of aliphatic hydroxyl groups excluding tert-OH is 1. The average molecular weight is 146 g/mol. The van der Waals surface area contributed by atoms with E-state index in [9.17, 15) is 0 Å². The Morgan fingerprint density at radius 3 is 2.80 bits per heavy atom. The minimum absolute atomic E-state index is 0.0451. The van der Waals surface area contributed by atoms with Crippen LogP contribution in [0.4, 0.5) is 0 Å². The van der Waals surface area contributed by atoms with Crippen molar-refractivity contribution in [3.05, 3.63) is 0 Å². The van der Waals surface area contributed by atoms with Gasteiger partial charge in [0, 0.05) is 13.1 Å². The Balaban J connectivity index is 2.44. The van der Waals surface area contributed by atoms with Gasteiger partial charge >= 0.3 is 0 Å². The van der Waals surface area contributed by atoms with Crippen LogP contribution in [0.2, 0.25) is 0 Å². The number of aliphatic hydroxyl groups is 1. The molecule has 4 heteroatoms. The van der Waals surface area contributed by atoms with Gasteiger partial charge in [0.2, 0.25) is 0 Å². The van der Waals surface area contributed by atoms with Crippen LogP contribution >= 0.6 is 0 Å². The van der Waals surface area contributed by atoms with Gasteiger partial charge in [-0.3, -0.25) is 0 Å². The number of rotatable bonds is 2. The highest BCUT2D eigenvalue weighted by Gasteiger charge is 2.29. The SMILES string of the molecule is NCC1(CO)COCCN1. The molecule has 1 heterocycles. The summed E-state index contributed by atoms with van der Waals surface area (Å²) in [6.07, 6.45) is 0. The predicted octanol–water partition coefficient (Wildman–Crippen LogP) is -1.70. The van der Waals surface area contributed by atoms with Crippen LogP contribution in [0, 0.1) is 0 Å². The van der Waals surface area contributed by atoms with Crippen LogP contribution in [0.1, 0.15) is 0 Å². The molecule has 0 spiro atoms. The van der Waals surface area contributed by atoms with Gasteiger partial charge in [-0.2, -0.15) is 0 Å². The molecule has 60 valence electrons. The first-order valence-corrected chi connectivity index (χ1v) is 3.47. The number of hydrogen-bond donors (Lipinski definition) is 3. The van der Waals surface area contributed by atoms with E-state index in [0.717, 1.165) is 6.54 Å². The smallest absolute Gasteiger partial charge is 0.0775 e. The highest BCUT2D eigenvalue weighted by atomic mass is 16.5. The third-order valence-electron chi connectivity index (χ3n) is 1.82. The molecule has 1 aliphatic heterocycles. The maximum absolute atomic E-state index is 8.92. The van der Waals surface area contributed by atoms with Crippen molar-refractivity contribution in [1.82, 2.24) is 5.32 Å². The highest BCUT2D eigenvalue weighted by Crippen LogP contribution is 2.05. The zero-order valence-corrected chi connectivity index (χ0v) is 5.97. The standard InChI is InChI=1S/C6H14N2O2/c7-3-6(4-9)5-10-2-1-8-6/h8-9H,1-5,7H2. The molecule has 1 aliphatic rings. The fourth-order valence-corrected chi connectivity index (χ4v) is 1.00. The molecule has 0 saturated carbocycles. The quantitative estimate of drug-likeness (QED) is 0.434. The van der Waals surface area contributed by atoms with E-state index in [1.165, 1.54) is 0 Å². The topological polar surface area (TPSA) is 67.5 Å². The Morgan fingerprint density at radius 1 is 1.70 bits per heavy atom. The molecule has 1 rings (SSSR count). The lowest BCUT2D eigenvalue weighted by Crippen LogP contribution is -2.61. The van der Waals surface area contributed by atoms with Gasteiger partial charge in [0.05, 0.1) is 25.4 Å². The molecule has 0 aromatic heterocycles. The summed E-state index contributed by atoms with van der Waals surface area (Å²) in [5.74, 6) is 0. The summed E-state index contributed by atoms with van der Waals surface area (Å²) in [7, 11) is 0. The third kappa shape index (κ3) is 1.46. The van der Waals surface area contributed by atoms with Gasteiger partial charge in [0.1, 0.15) is 0 Å². The van der Waals surface area contributed by atoms with Crippen LogP contribution in [0.15, 0.2) is 0 Å². The van der Waals surface area contributed by atoms with E-state index in [4.69, 9.17) is 15.6 Å². The maximum Gasteiger partial charge on any atom is 0.0775 e. The lowest BCUT2D eigenvalue weighted by molar-refractivity contribution is 0.00356. The Labute approximate surface area is 60.4 Å². The second kappa shape index (κ2) is 3.30. The normalized spacial score (nSPS) is 34.2. The number of nitrogens with one attached hydrogen (secondary N) is 1. The van der Waals surface area contributed by atoms with Crippen molar-refractivity contribution in [3.63, 3.8) is 0 Å². The number of hydrogen-bond acceptors (Lipinski definition) is 4. The van der Waals surface area contributed by atoms with Crippen molar-refractivity contribution in [2.45, 2.75) is 5.54 Å². The maximum atomic E-state index is 8.92. The summed E-state index contributed by atoms with van der Waals surface area (Å²) in [6.45, 7) is 2.46. The van der Waals surface area contributed by atoms with Crippen molar-refractivity contribution < 1.29 is 9.84 Å². The van der Waals surface area contributed by atoms with E-state index in [1.807, 2.05) is 0 Å². The molecule has 0 aromatic carbocycles. The van der Waals surface area contributed by atoms with Crippen molar-refractivity contribution >= 4 is 0 Å². The third-order valence-corrected chi connectivity index (χ3v) is 1.82. The Kier molecular flexibility index (Phi) is 2.62. The van der Waals surface area contributed by atoms with Crippen molar-refractivity contribution in [3.8, 4) is 0 Å². The van der Waals surface area contributed by atoms with Crippen LogP contribution < -0.4 is 11.1 Å². The van der Waals surface area contributed by atoms with E-state index < -0.39 is 0 Å². The Hall–Kier alpha value is -0.160. The summed E-state index contributed by atoms with van der Waals surface area (Å²) < 4.78 is 5.16. The molecule has 0 aliphatic carbocycles. The van der Waals surface area contributed by atoms with E-state index in [-0.39, 0.29) is 12.1 Å². The molecule has 1 fully saturated rings. The number of morpholine rings is 1. The van der Waals surface area contributed by atoms with Gasteiger partial charge < -0.3 is 20.9 Å². The van der Waals surface area contributed by atoms with Crippen LogP contribution in [0.25, 0.3) is 0 Å². The molecule has 1 atom stereocenters. The fraction of sp³-hybridized carbons (Fsp3) is 1.00. The molecule has 0 aromatic rings. The molecule has 1 unspecified atom stereocenters. The summed E-state index contributed by atoms with van der Waals surface area (Å²) in [6, 6.07) is 0. The van der Waals surface area contributed by atoms with Gasteiger partial charge in [-0.05, 0) is 0 Å². The summed E-state index contributed by atoms with van der Waals surface area (Å²) in [5, 5.41) is 12.1. The first-order chi connectivity index (χ1) is 4.83. The van der Waals surface area contributed by atoms with Gasteiger partial charge in [0.25, 0.3) is 0 Å². The van der Waals surface area contributed by atoms with Gasteiger partial charge in [-0.15, -0.1) is 0 Å². The van der Waals surface area contributed by atoms with Crippen molar-refractivity contribution in [2.75, 3.05) is 32.9 Å². The van der Waals surface area contributed by atoms with Crippen molar-refractivity contribution in [1.29, 1.82) is 0 Å². The van der Waals surface area contributed by atoms with Crippen LogP contribution in [-0.2, 0) is 4.74 Å². The van der Waals surface area contributed by atoms with Gasteiger partial charge in [-0.1, -0.05) is 0 Å². The van der Waals surface area contributed by atoms with Crippen molar-refractivity contribution in [2.24, 2.45) is 5.73 Å². The Bertz CT molecular complexity index is 95.9. The fourth-order valence-electron chi connectivity index (χ4n) is 1.00. The number of ether oxygens (including phenoxy) is 1. The molecule has 1 saturated heterocycles. The van der Waals surface area contributed by atoms with Crippen LogP contribution in [0.5, 0.6) is 0 Å². The average Bonchev–Trinajstić information content (AvgIpc) is 2.06. The van der Waals surface area contributed by atoms with Gasteiger partial charge in [-0.25, -0.2) is 0 Å². The van der Waals surface area contributed by atoms with Gasteiger partial charge in [0.15, 0.2) is 0 Å². The molecular formula is C6H14N2O2. The highest BCUT2D eigenvalue weighted by molar-refractivity contribution is 4.90. The Morgan fingerprint density at radius 2 is 2.50 bits per heavy atom.